The van der Waals surface area contributed by atoms with Crippen molar-refractivity contribution in [2.75, 3.05) is 20.7 Å². The smallest absolute Gasteiger partial charge is 0.161 e. The quantitative estimate of drug-likeness (QED) is 0.605. The van der Waals surface area contributed by atoms with Gasteiger partial charge in [0.2, 0.25) is 0 Å². The van der Waals surface area contributed by atoms with Crippen molar-refractivity contribution in [2.45, 2.75) is 6.92 Å². The number of hydrogen-bond donors (Lipinski definition) is 1. The predicted molar refractivity (Wildman–Crippen MR) is 60.6 cm³/mol. The highest BCUT2D eigenvalue weighted by molar-refractivity contribution is 5.80. The molecular weight excluding hydrogens is 192 g/mol. The maximum absolute atomic E-state index is 9.46. The largest absolute Gasteiger partial charge is 0.504 e. The van der Waals surface area contributed by atoms with Gasteiger partial charge in [0, 0.05) is 14.1 Å². The summed E-state index contributed by atoms with van der Waals surface area (Å²) < 4.78 is 5.26. The van der Waals surface area contributed by atoms with Gasteiger partial charge in [-0.2, -0.15) is 5.10 Å². The van der Waals surface area contributed by atoms with Crippen LogP contribution < -0.4 is 4.74 Å². The van der Waals surface area contributed by atoms with Crippen molar-refractivity contribution in [3.8, 4) is 11.5 Å². The highest BCUT2D eigenvalue weighted by Gasteiger charge is 2.01. The number of nitrogens with zero attached hydrogens (tertiary/aromatic N) is 2. The number of hydrazone groups is 1. The summed E-state index contributed by atoms with van der Waals surface area (Å²) in [4.78, 5) is 0. The van der Waals surface area contributed by atoms with E-state index in [-0.39, 0.29) is 5.75 Å². The number of hydrogen-bond acceptors (Lipinski definition) is 4. The van der Waals surface area contributed by atoms with Crippen LogP contribution in [0.5, 0.6) is 11.5 Å². The molecule has 0 unspecified atom stereocenters. The molecule has 82 valence electrons. The molecule has 4 heteroatoms. The maximum atomic E-state index is 9.46. The summed E-state index contributed by atoms with van der Waals surface area (Å²) in [5.74, 6) is 0.638. The molecule has 0 radical (unpaired) electrons. The molecule has 0 aliphatic rings. The number of aromatic hydroxyl groups is 1. The van der Waals surface area contributed by atoms with Crippen LogP contribution in [0.15, 0.2) is 23.3 Å². The summed E-state index contributed by atoms with van der Waals surface area (Å²) in [5, 5.41) is 15.3. The second-order valence-corrected chi connectivity index (χ2v) is 3.25. The molecule has 4 nitrogen and oxygen atoms in total. The van der Waals surface area contributed by atoms with Crippen molar-refractivity contribution in [3.63, 3.8) is 0 Å². The molecule has 0 aromatic heterocycles. The van der Waals surface area contributed by atoms with Gasteiger partial charge in [-0.05, 0) is 30.7 Å². The van der Waals surface area contributed by atoms with E-state index in [9.17, 15) is 5.11 Å². The van der Waals surface area contributed by atoms with Gasteiger partial charge in [-0.3, -0.25) is 0 Å². The lowest BCUT2D eigenvalue weighted by Crippen LogP contribution is -2.02. The molecule has 0 bridgehead atoms. The van der Waals surface area contributed by atoms with E-state index in [0.29, 0.717) is 12.4 Å². The van der Waals surface area contributed by atoms with Gasteiger partial charge < -0.3 is 14.9 Å². The van der Waals surface area contributed by atoms with Crippen LogP contribution in [0.25, 0.3) is 0 Å². The number of benzene rings is 1. The second kappa shape index (κ2) is 5.24. The molecule has 1 rings (SSSR count). The zero-order valence-electron chi connectivity index (χ0n) is 9.27. The average Bonchev–Trinajstić information content (AvgIpc) is 2.19. The monoisotopic (exact) mass is 208 g/mol. The van der Waals surface area contributed by atoms with Crippen LogP contribution in [0.2, 0.25) is 0 Å². The zero-order valence-corrected chi connectivity index (χ0v) is 9.27. The molecule has 0 heterocycles. The number of phenols is 1. The second-order valence-electron chi connectivity index (χ2n) is 3.25. The van der Waals surface area contributed by atoms with Crippen molar-refractivity contribution in [3.05, 3.63) is 23.8 Å². The Hall–Kier alpha value is -1.71. The van der Waals surface area contributed by atoms with Crippen LogP contribution in [0.3, 0.4) is 0 Å². The molecule has 0 aliphatic heterocycles. The molecule has 0 saturated carbocycles. The Labute approximate surface area is 89.8 Å². The molecule has 0 saturated heterocycles. The molecule has 0 amide bonds. The Bertz CT molecular complexity index is 348. The molecule has 1 aromatic carbocycles. The summed E-state index contributed by atoms with van der Waals surface area (Å²) in [6, 6.07) is 5.14. The fourth-order valence-corrected chi connectivity index (χ4v) is 1.06. The van der Waals surface area contributed by atoms with Gasteiger partial charge in [-0.15, -0.1) is 0 Å². The molecule has 0 fully saturated rings. The SMILES string of the molecule is CCOc1cc(C=NN(C)C)ccc1O. The first-order chi connectivity index (χ1) is 7.13. The summed E-state index contributed by atoms with van der Waals surface area (Å²) in [5.41, 5.74) is 0.893. The Morgan fingerprint density at radius 1 is 1.47 bits per heavy atom. The van der Waals surface area contributed by atoms with E-state index in [1.807, 2.05) is 21.0 Å². The highest BCUT2D eigenvalue weighted by atomic mass is 16.5. The predicted octanol–water partition coefficient (Wildman–Crippen LogP) is 1.69. The standard InChI is InChI=1S/C11H16N2O2/c1-4-15-11-7-9(5-6-10(11)14)8-12-13(2)3/h5-8,14H,4H2,1-3H3. The average molecular weight is 208 g/mol. The van der Waals surface area contributed by atoms with Crippen LogP contribution in [0.4, 0.5) is 0 Å². The van der Waals surface area contributed by atoms with E-state index in [0.717, 1.165) is 5.56 Å². The minimum absolute atomic E-state index is 0.152. The Morgan fingerprint density at radius 2 is 2.20 bits per heavy atom. The van der Waals surface area contributed by atoms with Crippen molar-refractivity contribution in [2.24, 2.45) is 5.10 Å². The summed E-state index contributed by atoms with van der Waals surface area (Å²) >= 11 is 0. The Kier molecular flexibility index (Phi) is 3.97. The Balaban J connectivity index is 2.87. The molecule has 1 N–H and O–H groups in total. The number of ether oxygens (including phenoxy) is 1. The van der Waals surface area contributed by atoms with Crippen LogP contribution in [-0.4, -0.2) is 37.0 Å². The van der Waals surface area contributed by atoms with Gasteiger partial charge in [0.25, 0.3) is 0 Å². The third kappa shape index (κ3) is 3.50. The minimum atomic E-state index is 0.152. The van der Waals surface area contributed by atoms with Gasteiger partial charge in [-0.25, -0.2) is 0 Å². The van der Waals surface area contributed by atoms with Gasteiger partial charge in [-0.1, -0.05) is 0 Å². The molecule has 0 atom stereocenters. The lowest BCUT2D eigenvalue weighted by Gasteiger charge is -2.07. The van der Waals surface area contributed by atoms with E-state index in [4.69, 9.17) is 4.74 Å². The lowest BCUT2D eigenvalue weighted by atomic mass is 10.2. The van der Waals surface area contributed by atoms with Crippen LogP contribution in [0, 0.1) is 0 Å². The number of phenolic OH excluding ortho intramolecular Hbond substituents is 1. The van der Waals surface area contributed by atoms with Gasteiger partial charge >= 0.3 is 0 Å². The molecule has 0 spiro atoms. The summed E-state index contributed by atoms with van der Waals surface area (Å²) in [7, 11) is 3.70. The topological polar surface area (TPSA) is 45.1 Å². The zero-order chi connectivity index (χ0) is 11.3. The maximum Gasteiger partial charge on any atom is 0.161 e. The van der Waals surface area contributed by atoms with E-state index in [1.165, 1.54) is 0 Å². The lowest BCUT2D eigenvalue weighted by molar-refractivity contribution is 0.318. The third-order valence-electron chi connectivity index (χ3n) is 1.72. The normalized spacial score (nSPS) is 10.6. The first-order valence-corrected chi connectivity index (χ1v) is 4.80. The van der Waals surface area contributed by atoms with Crippen LogP contribution in [-0.2, 0) is 0 Å². The minimum Gasteiger partial charge on any atom is -0.504 e. The van der Waals surface area contributed by atoms with E-state index >= 15 is 0 Å². The third-order valence-corrected chi connectivity index (χ3v) is 1.72. The fraction of sp³-hybridized carbons (Fsp3) is 0.364. The molecular formula is C11H16N2O2. The van der Waals surface area contributed by atoms with E-state index in [2.05, 4.69) is 5.10 Å². The highest BCUT2D eigenvalue weighted by Crippen LogP contribution is 2.26. The van der Waals surface area contributed by atoms with Crippen molar-refractivity contribution in [1.29, 1.82) is 0 Å². The first-order valence-electron chi connectivity index (χ1n) is 4.80. The molecule has 0 aliphatic carbocycles. The van der Waals surface area contributed by atoms with Crippen LogP contribution >= 0.6 is 0 Å². The van der Waals surface area contributed by atoms with Crippen molar-refractivity contribution in [1.82, 2.24) is 5.01 Å². The summed E-state index contributed by atoms with van der Waals surface area (Å²) in [6.45, 7) is 2.40. The number of rotatable bonds is 4. The van der Waals surface area contributed by atoms with Gasteiger partial charge in [0.05, 0.1) is 12.8 Å². The van der Waals surface area contributed by atoms with Crippen molar-refractivity contribution >= 4 is 6.21 Å². The van der Waals surface area contributed by atoms with Crippen molar-refractivity contribution < 1.29 is 9.84 Å². The Morgan fingerprint density at radius 3 is 2.80 bits per heavy atom. The van der Waals surface area contributed by atoms with E-state index < -0.39 is 0 Å². The summed E-state index contributed by atoms with van der Waals surface area (Å²) in [6.07, 6.45) is 1.71. The van der Waals surface area contributed by atoms with Gasteiger partial charge in [0.15, 0.2) is 11.5 Å². The molecule has 15 heavy (non-hydrogen) atoms. The molecule has 1 aromatic rings. The first kappa shape index (κ1) is 11.4. The van der Waals surface area contributed by atoms with E-state index in [1.54, 1.807) is 29.4 Å². The van der Waals surface area contributed by atoms with Crippen LogP contribution in [0.1, 0.15) is 12.5 Å². The fourth-order valence-electron chi connectivity index (χ4n) is 1.06. The van der Waals surface area contributed by atoms with Gasteiger partial charge in [0.1, 0.15) is 0 Å².